The third kappa shape index (κ3) is 2.68. The summed E-state index contributed by atoms with van der Waals surface area (Å²) in [6.45, 7) is 0. The van der Waals surface area contributed by atoms with E-state index in [-0.39, 0.29) is 11.9 Å². The highest BCUT2D eigenvalue weighted by molar-refractivity contribution is 9.10. The molecule has 1 unspecified atom stereocenters. The van der Waals surface area contributed by atoms with Gasteiger partial charge in [-0.3, -0.25) is 0 Å². The van der Waals surface area contributed by atoms with Gasteiger partial charge in [0.05, 0.1) is 6.04 Å². The maximum absolute atomic E-state index is 13.0. The number of nitrogens with zero attached hydrogens (tertiary/aromatic N) is 2. The summed E-state index contributed by atoms with van der Waals surface area (Å²) in [6, 6.07) is 4.57. The van der Waals surface area contributed by atoms with Crippen LogP contribution < -0.4 is 5.32 Å². The van der Waals surface area contributed by atoms with E-state index in [4.69, 9.17) is 0 Å². The van der Waals surface area contributed by atoms with Crippen LogP contribution >= 0.6 is 15.9 Å². The number of rotatable bonds is 3. The third-order valence-electron chi connectivity index (χ3n) is 2.48. The van der Waals surface area contributed by atoms with Gasteiger partial charge >= 0.3 is 0 Å². The number of hydrogen-bond acceptors (Lipinski definition) is 3. The Morgan fingerprint density at radius 1 is 1.29 bits per heavy atom. The Labute approximate surface area is 107 Å². The Balaban J connectivity index is 2.42. The molecule has 1 N–H and O–H groups in total. The zero-order valence-corrected chi connectivity index (χ0v) is 10.8. The van der Waals surface area contributed by atoms with Gasteiger partial charge in [0.25, 0.3) is 0 Å². The van der Waals surface area contributed by atoms with Gasteiger partial charge in [-0.1, -0.05) is 22.0 Å². The second-order valence-electron chi connectivity index (χ2n) is 3.56. The monoisotopic (exact) mass is 295 g/mol. The summed E-state index contributed by atoms with van der Waals surface area (Å²) in [5.74, 6) is -0.264. The van der Waals surface area contributed by atoms with E-state index in [0.717, 1.165) is 15.6 Å². The molecule has 0 radical (unpaired) electrons. The number of benzene rings is 1. The molecule has 1 atom stereocenters. The van der Waals surface area contributed by atoms with Crippen molar-refractivity contribution in [3.05, 3.63) is 58.3 Å². The molecule has 0 aliphatic carbocycles. The van der Waals surface area contributed by atoms with Crippen LogP contribution in [0.3, 0.4) is 0 Å². The molecular weight excluding hydrogens is 285 g/mol. The molecule has 17 heavy (non-hydrogen) atoms. The lowest BCUT2D eigenvalue weighted by Gasteiger charge is -2.17. The van der Waals surface area contributed by atoms with Crippen LogP contribution in [0.5, 0.6) is 0 Å². The summed E-state index contributed by atoms with van der Waals surface area (Å²) < 4.78 is 13.8. The number of aromatic nitrogens is 2. The van der Waals surface area contributed by atoms with E-state index in [9.17, 15) is 4.39 Å². The number of nitrogens with one attached hydrogen (secondary N) is 1. The molecule has 1 heterocycles. The lowest BCUT2D eigenvalue weighted by molar-refractivity contribution is 0.621. The molecule has 5 heteroatoms. The van der Waals surface area contributed by atoms with Gasteiger partial charge < -0.3 is 5.32 Å². The molecule has 0 saturated carbocycles. The van der Waals surface area contributed by atoms with Crippen LogP contribution in [-0.2, 0) is 0 Å². The van der Waals surface area contributed by atoms with E-state index < -0.39 is 0 Å². The largest absolute Gasteiger partial charge is 0.309 e. The molecule has 2 rings (SSSR count). The standard InChI is InChI=1S/C12H11BrFN3/c1-15-12(8-5-16-7-17-6-8)10-3-2-9(14)4-11(10)13/h2-7,12,15H,1H3. The van der Waals surface area contributed by atoms with Crippen molar-refractivity contribution in [2.45, 2.75) is 6.04 Å². The van der Waals surface area contributed by atoms with Crippen molar-refractivity contribution in [2.24, 2.45) is 0 Å². The van der Waals surface area contributed by atoms with Crippen molar-refractivity contribution in [1.82, 2.24) is 15.3 Å². The van der Waals surface area contributed by atoms with E-state index in [1.54, 1.807) is 18.5 Å². The summed E-state index contributed by atoms with van der Waals surface area (Å²) in [4.78, 5) is 7.97. The molecule has 0 amide bonds. The zero-order chi connectivity index (χ0) is 12.3. The molecule has 2 aromatic rings. The normalized spacial score (nSPS) is 12.4. The van der Waals surface area contributed by atoms with Crippen LogP contribution in [0, 0.1) is 5.82 Å². The average Bonchev–Trinajstić information content (AvgIpc) is 2.34. The minimum Gasteiger partial charge on any atom is -0.309 e. The molecule has 0 saturated heterocycles. The van der Waals surface area contributed by atoms with Gasteiger partial charge in [-0.25, -0.2) is 14.4 Å². The fourth-order valence-corrected chi connectivity index (χ4v) is 2.28. The van der Waals surface area contributed by atoms with Gasteiger partial charge in [-0.2, -0.15) is 0 Å². The van der Waals surface area contributed by atoms with Crippen LogP contribution in [0.2, 0.25) is 0 Å². The van der Waals surface area contributed by atoms with Crippen molar-refractivity contribution < 1.29 is 4.39 Å². The zero-order valence-electron chi connectivity index (χ0n) is 9.19. The summed E-state index contributed by atoms with van der Waals surface area (Å²) in [5.41, 5.74) is 1.88. The van der Waals surface area contributed by atoms with Crippen molar-refractivity contribution in [2.75, 3.05) is 7.05 Å². The number of hydrogen-bond donors (Lipinski definition) is 1. The molecule has 88 valence electrons. The highest BCUT2D eigenvalue weighted by atomic mass is 79.9. The van der Waals surface area contributed by atoms with Gasteiger partial charge in [0.2, 0.25) is 0 Å². The van der Waals surface area contributed by atoms with Crippen LogP contribution in [-0.4, -0.2) is 17.0 Å². The van der Waals surface area contributed by atoms with Crippen LogP contribution in [0.4, 0.5) is 4.39 Å². The first-order chi connectivity index (χ1) is 8.22. The Morgan fingerprint density at radius 2 is 2.00 bits per heavy atom. The van der Waals surface area contributed by atoms with Crippen molar-refractivity contribution in [3.63, 3.8) is 0 Å². The van der Waals surface area contributed by atoms with E-state index in [2.05, 4.69) is 31.2 Å². The minimum absolute atomic E-state index is 0.0637. The Morgan fingerprint density at radius 3 is 2.59 bits per heavy atom. The van der Waals surface area contributed by atoms with Crippen LogP contribution in [0.15, 0.2) is 41.4 Å². The predicted octanol–water partition coefficient (Wildman–Crippen LogP) is 2.69. The Bertz CT molecular complexity index is 504. The summed E-state index contributed by atoms with van der Waals surface area (Å²) in [7, 11) is 1.84. The maximum atomic E-state index is 13.0. The van der Waals surface area contributed by atoms with E-state index in [1.807, 2.05) is 7.05 Å². The van der Waals surface area contributed by atoms with Crippen molar-refractivity contribution >= 4 is 15.9 Å². The summed E-state index contributed by atoms with van der Waals surface area (Å²) in [5, 5.41) is 3.16. The van der Waals surface area contributed by atoms with E-state index in [1.165, 1.54) is 18.5 Å². The van der Waals surface area contributed by atoms with Gasteiger partial charge in [-0.15, -0.1) is 0 Å². The second-order valence-corrected chi connectivity index (χ2v) is 4.41. The van der Waals surface area contributed by atoms with Gasteiger partial charge in [0.15, 0.2) is 0 Å². The van der Waals surface area contributed by atoms with E-state index in [0.29, 0.717) is 0 Å². The van der Waals surface area contributed by atoms with Crippen LogP contribution in [0.1, 0.15) is 17.2 Å². The molecule has 1 aromatic carbocycles. The maximum Gasteiger partial charge on any atom is 0.124 e. The molecule has 3 nitrogen and oxygen atoms in total. The quantitative estimate of drug-likeness (QED) is 0.946. The molecule has 0 aliphatic heterocycles. The summed E-state index contributed by atoms with van der Waals surface area (Å²) in [6.07, 6.45) is 4.96. The van der Waals surface area contributed by atoms with Crippen molar-refractivity contribution in [3.8, 4) is 0 Å². The SMILES string of the molecule is CNC(c1cncnc1)c1ccc(F)cc1Br. The van der Waals surface area contributed by atoms with Gasteiger partial charge in [-0.05, 0) is 24.7 Å². The fourth-order valence-electron chi connectivity index (χ4n) is 1.70. The highest BCUT2D eigenvalue weighted by Gasteiger charge is 2.15. The molecular formula is C12H11BrFN3. The third-order valence-corrected chi connectivity index (χ3v) is 3.16. The first-order valence-corrected chi connectivity index (χ1v) is 5.89. The van der Waals surface area contributed by atoms with Gasteiger partial charge in [0, 0.05) is 22.4 Å². The van der Waals surface area contributed by atoms with Crippen molar-refractivity contribution in [1.29, 1.82) is 0 Å². The summed E-state index contributed by atoms with van der Waals surface area (Å²) >= 11 is 3.37. The topological polar surface area (TPSA) is 37.8 Å². The van der Waals surface area contributed by atoms with Gasteiger partial charge in [0.1, 0.15) is 12.1 Å². The fraction of sp³-hybridized carbons (Fsp3) is 0.167. The molecule has 0 aliphatic rings. The minimum atomic E-state index is -0.264. The second kappa shape index (κ2) is 5.33. The Hall–Kier alpha value is -1.33. The molecule has 0 bridgehead atoms. The lowest BCUT2D eigenvalue weighted by atomic mass is 10.0. The lowest BCUT2D eigenvalue weighted by Crippen LogP contribution is -2.18. The molecule has 1 aromatic heterocycles. The molecule has 0 fully saturated rings. The molecule has 0 spiro atoms. The first kappa shape index (κ1) is 12.1. The average molecular weight is 296 g/mol. The number of halogens is 2. The predicted molar refractivity (Wildman–Crippen MR) is 67.0 cm³/mol. The smallest absolute Gasteiger partial charge is 0.124 e. The first-order valence-electron chi connectivity index (χ1n) is 5.09. The van der Waals surface area contributed by atoms with E-state index >= 15 is 0 Å². The van der Waals surface area contributed by atoms with Crippen LogP contribution in [0.25, 0.3) is 0 Å². The highest BCUT2D eigenvalue weighted by Crippen LogP contribution is 2.28. The Kier molecular flexibility index (Phi) is 3.81.